The average molecular weight is 431 g/mol. The Bertz CT molecular complexity index is 1080. The number of para-hydroxylation sites is 1. The van der Waals surface area contributed by atoms with Crippen molar-refractivity contribution in [1.29, 1.82) is 0 Å². The zero-order valence-corrected chi connectivity index (χ0v) is 16.5. The number of esters is 1. The summed E-state index contributed by atoms with van der Waals surface area (Å²) >= 11 is 0. The van der Waals surface area contributed by atoms with Crippen molar-refractivity contribution < 1.29 is 22.7 Å². The first kappa shape index (κ1) is 21.9. The molecule has 0 bridgehead atoms. The van der Waals surface area contributed by atoms with E-state index in [1.54, 1.807) is 12.1 Å². The Balaban J connectivity index is 1.91. The fourth-order valence-electron chi connectivity index (χ4n) is 2.87. The molecule has 0 aliphatic carbocycles. The predicted octanol–water partition coefficient (Wildman–Crippen LogP) is 3.71. The number of carbonyl (C=O) groups is 1. The summed E-state index contributed by atoms with van der Waals surface area (Å²) in [5.41, 5.74) is 5.87. The van der Waals surface area contributed by atoms with Crippen molar-refractivity contribution in [2.75, 3.05) is 11.6 Å². The second-order valence-corrected chi connectivity index (χ2v) is 6.41. The van der Waals surface area contributed by atoms with Gasteiger partial charge in [-0.3, -0.25) is 5.01 Å². The molecule has 1 heterocycles. The molecule has 2 aromatic carbocycles. The fraction of sp³-hybridized carbons (Fsp3) is 0.143. The Morgan fingerprint density at radius 3 is 2.39 bits per heavy atom. The van der Waals surface area contributed by atoms with Crippen LogP contribution in [0.4, 0.5) is 18.9 Å². The van der Waals surface area contributed by atoms with Crippen LogP contribution in [0.5, 0.6) is 0 Å². The molecule has 1 aromatic heterocycles. The molecular weight excluding hydrogens is 411 g/mol. The first-order valence-corrected chi connectivity index (χ1v) is 9.21. The van der Waals surface area contributed by atoms with Crippen LogP contribution in [-0.2, 0) is 10.9 Å². The third kappa shape index (κ3) is 4.86. The number of benzene rings is 2. The van der Waals surface area contributed by atoms with Crippen LogP contribution in [0.15, 0.2) is 67.0 Å². The van der Waals surface area contributed by atoms with Gasteiger partial charge in [0.05, 0.1) is 29.9 Å². The summed E-state index contributed by atoms with van der Waals surface area (Å²) in [6.45, 7) is 1.45. The van der Waals surface area contributed by atoms with E-state index in [1.165, 1.54) is 42.4 Å². The topological polar surface area (TPSA) is 99.4 Å². The Morgan fingerprint density at radius 2 is 1.81 bits per heavy atom. The maximum Gasteiger partial charge on any atom is 0.434 e. The van der Waals surface area contributed by atoms with Gasteiger partial charge in [-0.2, -0.15) is 18.3 Å². The lowest BCUT2D eigenvalue weighted by Gasteiger charge is -2.15. The quantitative estimate of drug-likeness (QED) is 0.351. The number of alkyl halides is 3. The molecule has 3 aromatic rings. The van der Waals surface area contributed by atoms with Crippen LogP contribution in [-0.4, -0.2) is 22.4 Å². The van der Waals surface area contributed by atoms with Crippen molar-refractivity contribution >= 4 is 17.4 Å². The summed E-state index contributed by atoms with van der Waals surface area (Å²) in [5, 5.41) is 5.08. The highest BCUT2D eigenvalue weighted by Crippen LogP contribution is 2.34. The predicted molar refractivity (Wildman–Crippen MR) is 110 cm³/mol. The summed E-state index contributed by atoms with van der Waals surface area (Å²) < 4.78 is 46.2. The molecule has 0 amide bonds. The molecular formula is C21H20F3N5O2. The normalized spacial score (nSPS) is 12.0. The second kappa shape index (κ2) is 8.92. The van der Waals surface area contributed by atoms with Crippen molar-refractivity contribution in [2.24, 2.45) is 11.6 Å². The minimum Gasteiger partial charge on any atom is -0.462 e. The summed E-state index contributed by atoms with van der Waals surface area (Å²) in [6.07, 6.45) is -2.47. The van der Waals surface area contributed by atoms with Crippen molar-refractivity contribution in [3.63, 3.8) is 0 Å². The number of hydrazine groups is 1. The summed E-state index contributed by atoms with van der Waals surface area (Å²) in [5.74, 6) is 4.88. The molecule has 0 radical (unpaired) electrons. The van der Waals surface area contributed by atoms with E-state index < -0.39 is 23.4 Å². The standard InChI is InChI=1S/C21H20F3N5O2/c1-2-31-20(30)17-12-27-29(19(17)21(22,23)24)16-10-8-14(9-11-16)18(25)13-28(26)15-6-4-3-5-7-15/h3-13H,2,25-26H2,1H3/b18-13-. The van der Waals surface area contributed by atoms with Crippen LogP contribution in [0.1, 0.15) is 28.5 Å². The fourth-order valence-corrected chi connectivity index (χ4v) is 2.87. The molecule has 0 unspecified atom stereocenters. The first-order chi connectivity index (χ1) is 14.7. The van der Waals surface area contributed by atoms with Gasteiger partial charge >= 0.3 is 12.1 Å². The van der Waals surface area contributed by atoms with Gasteiger partial charge in [-0.25, -0.2) is 15.3 Å². The molecule has 4 N–H and O–H groups in total. The third-order valence-electron chi connectivity index (χ3n) is 4.31. The Morgan fingerprint density at radius 1 is 1.16 bits per heavy atom. The highest BCUT2D eigenvalue weighted by Gasteiger charge is 2.41. The first-order valence-electron chi connectivity index (χ1n) is 9.21. The number of rotatable bonds is 6. The number of nitrogens with two attached hydrogens (primary N) is 2. The van der Waals surface area contributed by atoms with E-state index in [0.29, 0.717) is 21.6 Å². The number of aromatic nitrogens is 2. The van der Waals surface area contributed by atoms with Crippen LogP contribution in [0.2, 0.25) is 0 Å². The SMILES string of the molecule is CCOC(=O)c1cnn(-c2ccc(/C(N)=C/N(N)c3ccccc3)cc2)c1C(F)(F)F. The molecule has 3 rings (SSSR count). The molecule has 31 heavy (non-hydrogen) atoms. The molecule has 0 aliphatic heterocycles. The zero-order valence-electron chi connectivity index (χ0n) is 16.5. The number of carbonyl (C=O) groups excluding carboxylic acids is 1. The molecule has 0 aliphatic rings. The molecule has 0 spiro atoms. The highest BCUT2D eigenvalue weighted by molar-refractivity contribution is 5.90. The summed E-state index contributed by atoms with van der Waals surface area (Å²) in [6, 6.07) is 15.0. The zero-order chi connectivity index (χ0) is 22.6. The second-order valence-electron chi connectivity index (χ2n) is 6.41. The van der Waals surface area contributed by atoms with E-state index in [9.17, 15) is 18.0 Å². The van der Waals surface area contributed by atoms with Gasteiger partial charge in [0.1, 0.15) is 5.56 Å². The van der Waals surface area contributed by atoms with E-state index in [2.05, 4.69) is 5.10 Å². The lowest BCUT2D eigenvalue weighted by Crippen LogP contribution is -2.25. The number of nitrogens with zero attached hydrogens (tertiary/aromatic N) is 3. The molecule has 0 saturated carbocycles. The van der Waals surface area contributed by atoms with Crippen LogP contribution < -0.4 is 16.6 Å². The summed E-state index contributed by atoms with van der Waals surface area (Å²) in [7, 11) is 0. The molecule has 10 heteroatoms. The molecule has 0 fully saturated rings. The van der Waals surface area contributed by atoms with Crippen LogP contribution >= 0.6 is 0 Å². The van der Waals surface area contributed by atoms with Crippen LogP contribution in [0.3, 0.4) is 0 Å². The van der Waals surface area contributed by atoms with Gasteiger partial charge in [0.15, 0.2) is 5.69 Å². The van der Waals surface area contributed by atoms with E-state index in [4.69, 9.17) is 16.3 Å². The Labute approximate surface area is 176 Å². The minimum atomic E-state index is -4.81. The molecule has 7 nitrogen and oxygen atoms in total. The summed E-state index contributed by atoms with van der Waals surface area (Å²) in [4.78, 5) is 11.9. The van der Waals surface area contributed by atoms with E-state index in [0.717, 1.165) is 6.20 Å². The maximum absolute atomic E-state index is 13.6. The molecule has 0 saturated heterocycles. The van der Waals surface area contributed by atoms with Gasteiger partial charge in [0.2, 0.25) is 0 Å². The number of halogens is 3. The largest absolute Gasteiger partial charge is 0.462 e. The third-order valence-corrected chi connectivity index (χ3v) is 4.31. The van der Waals surface area contributed by atoms with E-state index in [1.807, 2.05) is 18.2 Å². The smallest absolute Gasteiger partial charge is 0.434 e. The number of hydrogen-bond acceptors (Lipinski definition) is 6. The van der Waals surface area contributed by atoms with Gasteiger partial charge in [0, 0.05) is 6.20 Å². The van der Waals surface area contributed by atoms with Gasteiger partial charge in [0.25, 0.3) is 0 Å². The maximum atomic E-state index is 13.6. The van der Waals surface area contributed by atoms with Crippen molar-refractivity contribution in [2.45, 2.75) is 13.1 Å². The van der Waals surface area contributed by atoms with Crippen molar-refractivity contribution in [3.8, 4) is 5.69 Å². The lowest BCUT2D eigenvalue weighted by atomic mass is 10.1. The van der Waals surface area contributed by atoms with Gasteiger partial charge in [-0.1, -0.05) is 30.3 Å². The Hall–Kier alpha value is -3.79. The lowest BCUT2D eigenvalue weighted by molar-refractivity contribution is -0.143. The van der Waals surface area contributed by atoms with Crippen LogP contribution in [0.25, 0.3) is 11.4 Å². The van der Waals surface area contributed by atoms with E-state index in [-0.39, 0.29) is 12.3 Å². The molecule has 0 atom stereocenters. The van der Waals surface area contributed by atoms with Gasteiger partial charge in [-0.15, -0.1) is 0 Å². The average Bonchev–Trinajstić information content (AvgIpc) is 3.20. The van der Waals surface area contributed by atoms with Gasteiger partial charge in [-0.05, 0) is 36.8 Å². The van der Waals surface area contributed by atoms with Gasteiger partial charge < -0.3 is 10.5 Å². The number of ether oxygens (including phenoxy) is 1. The van der Waals surface area contributed by atoms with Crippen molar-refractivity contribution in [1.82, 2.24) is 9.78 Å². The van der Waals surface area contributed by atoms with Crippen molar-refractivity contribution in [3.05, 3.63) is 83.8 Å². The van der Waals surface area contributed by atoms with Crippen LogP contribution in [0, 0.1) is 0 Å². The molecule has 162 valence electrons. The Kier molecular flexibility index (Phi) is 6.30. The highest BCUT2D eigenvalue weighted by atomic mass is 19.4. The monoisotopic (exact) mass is 431 g/mol. The van der Waals surface area contributed by atoms with E-state index >= 15 is 0 Å². The minimum absolute atomic E-state index is 0.0528. The number of hydrogen-bond donors (Lipinski definition) is 2. The number of anilines is 1.